The maximum Gasteiger partial charge on any atom is 0.332 e. The average molecular weight is 401 g/mol. The summed E-state index contributed by atoms with van der Waals surface area (Å²) in [6.45, 7) is 3.79. The van der Waals surface area contributed by atoms with E-state index in [9.17, 15) is 14.7 Å². The van der Waals surface area contributed by atoms with Crippen molar-refractivity contribution < 1.29 is 14.7 Å². The van der Waals surface area contributed by atoms with E-state index in [0.29, 0.717) is 29.8 Å². The number of aliphatic carboxylic acids is 1. The summed E-state index contributed by atoms with van der Waals surface area (Å²) < 4.78 is 0. The molecule has 0 unspecified atom stereocenters. The van der Waals surface area contributed by atoms with Crippen LogP contribution in [-0.2, 0) is 9.59 Å². The SMILES string of the molecule is CN=C(N)N1C=C[C@H](CNC)[C@@]2(C1)[C@@H]1CC[C@@H](C)[C@]23C[C@H](C=O)C(C(=O)O)=C3C1. The molecule has 29 heavy (non-hydrogen) atoms. The van der Waals surface area contributed by atoms with Crippen LogP contribution >= 0.6 is 0 Å². The number of nitrogens with two attached hydrogens (primary N) is 1. The summed E-state index contributed by atoms with van der Waals surface area (Å²) in [5.74, 6) is -0.0146. The fourth-order valence-electron chi connectivity index (χ4n) is 7.50. The average Bonchev–Trinajstić information content (AvgIpc) is 3.12. The molecule has 2 fully saturated rings. The molecule has 0 aromatic heterocycles. The van der Waals surface area contributed by atoms with Gasteiger partial charge in [0.25, 0.3) is 0 Å². The highest BCUT2D eigenvalue weighted by atomic mass is 16.4. The molecule has 1 aliphatic heterocycles. The van der Waals surface area contributed by atoms with Gasteiger partial charge in [0.05, 0.1) is 0 Å². The van der Waals surface area contributed by atoms with Crippen molar-refractivity contribution in [2.24, 2.45) is 45.2 Å². The van der Waals surface area contributed by atoms with Gasteiger partial charge >= 0.3 is 5.97 Å². The highest BCUT2D eigenvalue weighted by Crippen LogP contribution is 2.76. The third-order valence-corrected chi connectivity index (χ3v) is 8.51. The Kier molecular flexibility index (Phi) is 4.84. The Morgan fingerprint density at radius 2 is 2.24 bits per heavy atom. The number of nitrogens with one attached hydrogen (secondary N) is 1. The zero-order valence-corrected chi connectivity index (χ0v) is 17.5. The number of aliphatic imine (C=N–C) groups is 1. The number of carbonyl (C=O) groups is 2. The summed E-state index contributed by atoms with van der Waals surface area (Å²) in [4.78, 5) is 30.4. The molecule has 2 bridgehead atoms. The first-order valence-corrected chi connectivity index (χ1v) is 10.6. The van der Waals surface area contributed by atoms with E-state index in [0.717, 1.165) is 44.2 Å². The molecule has 7 nitrogen and oxygen atoms in total. The van der Waals surface area contributed by atoms with E-state index in [-0.39, 0.29) is 16.7 Å². The number of hydrogen-bond acceptors (Lipinski definition) is 4. The molecule has 1 heterocycles. The lowest BCUT2D eigenvalue weighted by Crippen LogP contribution is -2.61. The molecule has 2 spiro atoms. The molecule has 0 aromatic rings. The Balaban J connectivity index is 1.95. The van der Waals surface area contributed by atoms with E-state index in [1.54, 1.807) is 7.05 Å². The topological polar surface area (TPSA) is 108 Å². The molecule has 3 aliphatic carbocycles. The lowest BCUT2D eigenvalue weighted by atomic mass is 9.46. The molecule has 4 aliphatic rings. The van der Waals surface area contributed by atoms with Gasteiger partial charge in [0.2, 0.25) is 0 Å². The first kappa shape index (κ1) is 20.1. The lowest BCUT2D eigenvalue weighted by Gasteiger charge is -2.60. The van der Waals surface area contributed by atoms with Crippen molar-refractivity contribution >= 4 is 18.2 Å². The van der Waals surface area contributed by atoms with Crippen LogP contribution in [0.3, 0.4) is 0 Å². The third-order valence-electron chi connectivity index (χ3n) is 8.51. The standard InChI is InChI=1S/C22H32N4O3/c1-13-4-5-15-8-17-18(19(28)29)14(11-27)9-21(13,17)22(15)12-26(20(23)25-3)7-6-16(22)10-24-2/h6-7,11,13-16,24H,4-5,8-10,12H2,1-3H3,(H2,23,25)(H,28,29)/t13-,14-,15-,16-,21+,22-/m1/s1. The molecule has 4 rings (SSSR count). The van der Waals surface area contributed by atoms with Crippen LogP contribution in [0, 0.1) is 34.5 Å². The van der Waals surface area contributed by atoms with Crippen molar-refractivity contribution in [3.63, 3.8) is 0 Å². The lowest BCUT2D eigenvalue weighted by molar-refractivity contribution is -0.134. The summed E-state index contributed by atoms with van der Waals surface area (Å²) in [7, 11) is 3.65. The minimum Gasteiger partial charge on any atom is -0.478 e. The Hall–Kier alpha value is -2.15. The van der Waals surface area contributed by atoms with Crippen LogP contribution in [0.5, 0.6) is 0 Å². The van der Waals surface area contributed by atoms with Gasteiger partial charge in [-0.15, -0.1) is 0 Å². The second-order valence-corrected chi connectivity index (χ2v) is 9.25. The summed E-state index contributed by atoms with van der Waals surface area (Å²) in [6.07, 6.45) is 8.65. The van der Waals surface area contributed by atoms with Crippen LogP contribution in [0.4, 0.5) is 0 Å². The van der Waals surface area contributed by atoms with Gasteiger partial charge in [0, 0.05) is 48.7 Å². The second-order valence-electron chi connectivity index (χ2n) is 9.25. The number of carboxylic acids is 1. The number of carboxylic acid groups (broad SMARTS) is 1. The zero-order valence-electron chi connectivity index (χ0n) is 17.5. The predicted molar refractivity (Wildman–Crippen MR) is 111 cm³/mol. The number of nitrogens with zero attached hydrogens (tertiary/aromatic N) is 2. The fraction of sp³-hybridized carbons (Fsp3) is 0.682. The van der Waals surface area contributed by atoms with E-state index in [4.69, 9.17) is 5.73 Å². The molecule has 0 aromatic carbocycles. The summed E-state index contributed by atoms with van der Waals surface area (Å²) in [5.41, 5.74) is 7.18. The molecule has 6 atom stereocenters. The van der Waals surface area contributed by atoms with Gasteiger partial charge in [-0.1, -0.05) is 18.6 Å². The number of carbonyl (C=O) groups excluding carboxylic acids is 1. The van der Waals surface area contributed by atoms with Crippen LogP contribution in [0.25, 0.3) is 0 Å². The van der Waals surface area contributed by atoms with Gasteiger partial charge in [-0.25, -0.2) is 4.79 Å². The van der Waals surface area contributed by atoms with Gasteiger partial charge < -0.3 is 25.9 Å². The molecule has 0 radical (unpaired) electrons. The smallest absolute Gasteiger partial charge is 0.332 e. The van der Waals surface area contributed by atoms with E-state index in [2.05, 4.69) is 23.3 Å². The minimum atomic E-state index is -0.924. The van der Waals surface area contributed by atoms with Crippen molar-refractivity contribution in [1.82, 2.24) is 10.2 Å². The van der Waals surface area contributed by atoms with Crippen molar-refractivity contribution in [3.8, 4) is 0 Å². The first-order valence-electron chi connectivity index (χ1n) is 10.6. The van der Waals surface area contributed by atoms with Crippen LogP contribution < -0.4 is 11.1 Å². The monoisotopic (exact) mass is 400 g/mol. The molecule has 2 saturated carbocycles. The van der Waals surface area contributed by atoms with E-state index in [1.807, 2.05) is 18.1 Å². The Morgan fingerprint density at radius 3 is 2.86 bits per heavy atom. The highest BCUT2D eigenvalue weighted by Gasteiger charge is 2.72. The summed E-state index contributed by atoms with van der Waals surface area (Å²) in [5, 5.41) is 13.4. The van der Waals surface area contributed by atoms with Crippen LogP contribution in [0.15, 0.2) is 28.4 Å². The van der Waals surface area contributed by atoms with Crippen molar-refractivity contribution in [1.29, 1.82) is 0 Å². The normalized spacial score (nSPS) is 41.2. The zero-order chi connectivity index (χ0) is 21.0. The number of guanidine groups is 1. The number of allylic oxidation sites excluding steroid dienone is 1. The highest BCUT2D eigenvalue weighted by molar-refractivity contribution is 5.94. The van der Waals surface area contributed by atoms with Gasteiger partial charge in [0.15, 0.2) is 5.96 Å². The van der Waals surface area contributed by atoms with Gasteiger partial charge in [0.1, 0.15) is 6.29 Å². The van der Waals surface area contributed by atoms with Crippen molar-refractivity contribution in [3.05, 3.63) is 23.4 Å². The Labute approximate surface area is 172 Å². The molecule has 0 amide bonds. The van der Waals surface area contributed by atoms with Gasteiger partial charge in [-0.05, 0) is 50.5 Å². The van der Waals surface area contributed by atoms with Crippen molar-refractivity contribution in [2.75, 3.05) is 27.2 Å². The van der Waals surface area contributed by atoms with E-state index in [1.165, 1.54) is 0 Å². The molecule has 7 heteroatoms. The largest absolute Gasteiger partial charge is 0.478 e. The number of rotatable bonds is 4. The van der Waals surface area contributed by atoms with Crippen LogP contribution in [0.1, 0.15) is 32.6 Å². The quantitative estimate of drug-likeness (QED) is 0.376. The summed E-state index contributed by atoms with van der Waals surface area (Å²) >= 11 is 0. The van der Waals surface area contributed by atoms with Crippen LogP contribution in [0.2, 0.25) is 0 Å². The number of hydrogen-bond donors (Lipinski definition) is 3. The molecular formula is C22H32N4O3. The predicted octanol–water partition coefficient (Wildman–Crippen LogP) is 1.62. The first-order chi connectivity index (χ1) is 13.9. The van der Waals surface area contributed by atoms with Gasteiger partial charge in [-0.3, -0.25) is 4.99 Å². The minimum absolute atomic E-state index is 0.161. The summed E-state index contributed by atoms with van der Waals surface area (Å²) in [6, 6.07) is 0. The molecule has 158 valence electrons. The maximum absolute atomic E-state index is 12.2. The van der Waals surface area contributed by atoms with E-state index < -0.39 is 11.9 Å². The third kappa shape index (κ3) is 2.43. The van der Waals surface area contributed by atoms with E-state index >= 15 is 0 Å². The fourth-order valence-corrected chi connectivity index (χ4v) is 7.50. The van der Waals surface area contributed by atoms with Crippen LogP contribution in [-0.4, -0.2) is 55.4 Å². The maximum atomic E-state index is 12.2. The van der Waals surface area contributed by atoms with Crippen molar-refractivity contribution in [2.45, 2.75) is 32.6 Å². The Bertz CT molecular complexity index is 819. The second kappa shape index (κ2) is 6.97. The molecule has 0 saturated heterocycles. The van der Waals surface area contributed by atoms with Gasteiger partial charge in [-0.2, -0.15) is 0 Å². The molecule has 4 N–H and O–H groups in total. The number of aldehydes is 1. The molecular weight excluding hydrogens is 368 g/mol. The Morgan fingerprint density at radius 1 is 1.48 bits per heavy atom.